The summed E-state index contributed by atoms with van der Waals surface area (Å²) in [5.74, 6) is 0.948. The number of hydrogen-bond acceptors (Lipinski definition) is 4. The highest BCUT2D eigenvalue weighted by molar-refractivity contribution is 5.69. The minimum Gasteiger partial charge on any atom is -0.395 e. The van der Waals surface area contributed by atoms with E-state index in [0.717, 1.165) is 17.0 Å². The molecule has 2 aromatic heterocycles. The first-order chi connectivity index (χ1) is 9.29. The number of fused-ring (bicyclic) bond motifs is 1. The Bertz CT molecular complexity index is 560. The highest BCUT2D eigenvalue weighted by atomic mass is 16.3. The van der Waals surface area contributed by atoms with Gasteiger partial charge in [0, 0.05) is 25.0 Å². The van der Waals surface area contributed by atoms with Gasteiger partial charge >= 0.3 is 0 Å². The van der Waals surface area contributed by atoms with E-state index in [1.807, 2.05) is 17.6 Å². The van der Waals surface area contributed by atoms with Gasteiger partial charge in [-0.25, -0.2) is 9.50 Å². The van der Waals surface area contributed by atoms with Crippen LogP contribution in [0.1, 0.15) is 31.4 Å². The molecule has 102 valence electrons. The topological polar surface area (TPSA) is 53.7 Å². The van der Waals surface area contributed by atoms with Crippen LogP contribution in [0.15, 0.2) is 18.5 Å². The first-order valence-electron chi connectivity index (χ1n) is 6.98. The van der Waals surface area contributed by atoms with Crippen molar-refractivity contribution >= 4 is 11.3 Å². The Labute approximate surface area is 112 Å². The molecule has 0 aliphatic heterocycles. The van der Waals surface area contributed by atoms with Crippen LogP contribution in [0.4, 0.5) is 5.82 Å². The molecule has 1 aliphatic carbocycles. The molecule has 1 N–H and O–H groups in total. The number of aliphatic hydroxyl groups excluding tert-OH is 1. The molecule has 1 aliphatic rings. The molecule has 0 aromatic carbocycles. The molecule has 0 spiro atoms. The minimum absolute atomic E-state index is 0.159. The molecule has 5 heteroatoms. The van der Waals surface area contributed by atoms with Crippen molar-refractivity contribution in [2.75, 3.05) is 18.1 Å². The van der Waals surface area contributed by atoms with E-state index >= 15 is 0 Å². The van der Waals surface area contributed by atoms with Gasteiger partial charge in [-0.2, -0.15) is 5.10 Å². The van der Waals surface area contributed by atoms with Gasteiger partial charge in [-0.05, 0) is 25.8 Å². The van der Waals surface area contributed by atoms with E-state index in [9.17, 15) is 5.11 Å². The van der Waals surface area contributed by atoms with Crippen molar-refractivity contribution in [2.24, 2.45) is 0 Å². The molecular weight excluding hydrogens is 240 g/mol. The van der Waals surface area contributed by atoms with Crippen LogP contribution in [-0.4, -0.2) is 38.9 Å². The standard InChI is InChI=1S/C14H20N4O/c1-11-10-13-14(15-6-7-18(13)16-11)17(8-9-19)12-4-2-3-5-12/h6-7,10,12,19H,2-5,8-9H2,1H3. The molecule has 19 heavy (non-hydrogen) atoms. The number of nitrogens with zero attached hydrogens (tertiary/aromatic N) is 4. The van der Waals surface area contributed by atoms with Gasteiger partial charge in [-0.1, -0.05) is 12.8 Å². The third-order valence-electron chi connectivity index (χ3n) is 3.87. The van der Waals surface area contributed by atoms with Crippen LogP contribution in [0.25, 0.3) is 5.52 Å². The highest BCUT2D eigenvalue weighted by Gasteiger charge is 2.25. The van der Waals surface area contributed by atoms with Crippen LogP contribution in [0.2, 0.25) is 0 Å². The van der Waals surface area contributed by atoms with Crippen LogP contribution in [0, 0.1) is 6.92 Å². The van der Waals surface area contributed by atoms with Crippen molar-refractivity contribution in [1.82, 2.24) is 14.6 Å². The van der Waals surface area contributed by atoms with Gasteiger partial charge in [0.05, 0.1) is 12.3 Å². The zero-order valence-electron chi connectivity index (χ0n) is 11.3. The molecule has 0 bridgehead atoms. The van der Waals surface area contributed by atoms with Crippen molar-refractivity contribution < 1.29 is 5.11 Å². The summed E-state index contributed by atoms with van der Waals surface area (Å²) in [6, 6.07) is 2.56. The van der Waals surface area contributed by atoms with E-state index < -0.39 is 0 Å². The lowest BCUT2D eigenvalue weighted by Gasteiger charge is -2.29. The van der Waals surface area contributed by atoms with Crippen molar-refractivity contribution in [1.29, 1.82) is 0 Å². The van der Waals surface area contributed by atoms with Gasteiger partial charge in [0.1, 0.15) is 5.52 Å². The molecular formula is C14H20N4O. The lowest BCUT2D eigenvalue weighted by atomic mass is 10.2. The first kappa shape index (κ1) is 12.4. The molecule has 0 unspecified atom stereocenters. The fourth-order valence-corrected chi connectivity index (χ4v) is 3.04. The zero-order valence-corrected chi connectivity index (χ0v) is 11.3. The third kappa shape index (κ3) is 2.30. The number of anilines is 1. The maximum Gasteiger partial charge on any atom is 0.155 e. The van der Waals surface area contributed by atoms with Gasteiger partial charge in [-0.15, -0.1) is 0 Å². The summed E-state index contributed by atoms with van der Waals surface area (Å²) in [5.41, 5.74) is 2.02. The molecule has 3 rings (SSSR count). The molecule has 5 nitrogen and oxygen atoms in total. The monoisotopic (exact) mass is 260 g/mol. The lowest BCUT2D eigenvalue weighted by molar-refractivity contribution is 0.297. The Balaban J connectivity index is 2.03. The largest absolute Gasteiger partial charge is 0.395 e. The quantitative estimate of drug-likeness (QED) is 0.910. The number of aromatic nitrogens is 3. The first-order valence-corrected chi connectivity index (χ1v) is 6.98. The Morgan fingerprint density at radius 2 is 2.21 bits per heavy atom. The number of aliphatic hydroxyl groups is 1. The fourth-order valence-electron chi connectivity index (χ4n) is 3.04. The summed E-state index contributed by atoms with van der Waals surface area (Å²) in [4.78, 5) is 6.79. The molecule has 0 saturated heterocycles. The van der Waals surface area contributed by atoms with Crippen LogP contribution >= 0.6 is 0 Å². The van der Waals surface area contributed by atoms with Gasteiger partial charge in [0.25, 0.3) is 0 Å². The number of hydrogen-bond donors (Lipinski definition) is 1. The molecule has 1 saturated carbocycles. The highest BCUT2D eigenvalue weighted by Crippen LogP contribution is 2.29. The van der Waals surface area contributed by atoms with Crippen LogP contribution in [-0.2, 0) is 0 Å². The van der Waals surface area contributed by atoms with Gasteiger partial charge in [0.15, 0.2) is 5.82 Å². The summed E-state index contributed by atoms with van der Waals surface area (Å²) in [6.45, 7) is 2.79. The van der Waals surface area contributed by atoms with Crippen LogP contribution < -0.4 is 4.90 Å². The smallest absolute Gasteiger partial charge is 0.155 e. The summed E-state index contributed by atoms with van der Waals surface area (Å²) in [5, 5.41) is 13.8. The zero-order chi connectivity index (χ0) is 13.2. The van der Waals surface area contributed by atoms with Crippen molar-refractivity contribution in [2.45, 2.75) is 38.6 Å². The Morgan fingerprint density at radius 1 is 1.42 bits per heavy atom. The van der Waals surface area contributed by atoms with Crippen molar-refractivity contribution in [3.05, 3.63) is 24.2 Å². The Morgan fingerprint density at radius 3 is 2.95 bits per heavy atom. The number of aryl methyl sites for hydroxylation is 1. The average molecular weight is 260 g/mol. The normalized spacial score (nSPS) is 16.3. The molecule has 0 radical (unpaired) electrons. The predicted molar refractivity (Wildman–Crippen MR) is 74.4 cm³/mol. The summed E-state index contributed by atoms with van der Waals surface area (Å²) < 4.78 is 1.87. The van der Waals surface area contributed by atoms with E-state index in [2.05, 4.69) is 21.0 Å². The summed E-state index contributed by atoms with van der Waals surface area (Å²) in [7, 11) is 0. The SMILES string of the molecule is Cc1cc2c(N(CCO)C3CCCC3)nccn2n1. The molecule has 0 atom stereocenters. The van der Waals surface area contributed by atoms with Gasteiger partial charge in [0.2, 0.25) is 0 Å². The third-order valence-corrected chi connectivity index (χ3v) is 3.87. The van der Waals surface area contributed by atoms with Gasteiger partial charge < -0.3 is 10.0 Å². The molecule has 2 heterocycles. The van der Waals surface area contributed by atoms with Gasteiger partial charge in [-0.3, -0.25) is 0 Å². The minimum atomic E-state index is 0.159. The Kier molecular flexibility index (Phi) is 3.38. The molecule has 2 aromatic rings. The molecule has 0 amide bonds. The molecule has 1 fully saturated rings. The van der Waals surface area contributed by atoms with E-state index in [4.69, 9.17) is 0 Å². The van der Waals surface area contributed by atoms with Crippen LogP contribution in [0.3, 0.4) is 0 Å². The second-order valence-corrected chi connectivity index (χ2v) is 5.22. The van der Waals surface area contributed by atoms with E-state index in [-0.39, 0.29) is 6.61 Å². The summed E-state index contributed by atoms with van der Waals surface area (Å²) >= 11 is 0. The maximum absolute atomic E-state index is 9.34. The fraction of sp³-hybridized carbons (Fsp3) is 0.571. The van der Waals surface area contributed by atoms with Crippen molar-refractivity contribution in [3.63, 3.8) is 0 Å². The number of rotatable bonds is 4. The van der Waals surface area contributed by atoms with E-state index in [0.29, 0.717) is 12.6 Å². The van der Waals surface area contributed by atoms with E-state index in [1.54, 1.807) is 6.20 Å². The average Bonchev–Trinajstić information content (AvgIpc) is 3.03. The van der Waals surface area contributed by atoms with E-state index in [1.165, 1.54) is 25.7 Å². The maximum atomic E-state index is 9.34. The second-order valence-electron chi connectivity index (χ2n) is 5.22. The predicted octanol–water partition coefficient (Wildman–Crippen LogP) is 1.78. The second kappa shape index (κ2) is 5.17. The summed E-state index contributed by atoms with van der Waals surface area (Å²) in [6.07, 6.45) is 8.58. The lowest BCUT2D eigenvalue weighted by Crippen LogP contribution is -2.36. The Hall–Kier alpha value is -1.62. The van der Waals surface area contributed by atoms with Crippen molar-refractivity contribution in [3.8, 4) is 0 Å². The van der Waals surface area contributed by atoms with Crippen LogP contribution in [0.5, 0.6) is 0 Å².